The molecule has 4 rings (SSSR count). The van der Waals surface area contributed by atoms with E-state index < -0.39 is 15.9 Å². The molecule has 1 N–H and O–H groups in total. The first-order valence-corrected chi connectivity index (χ1v) is 11.4. The van der Waals surface area contributed by atoms with E-state index in [9.17, 15) is 13.2 Å². The summed E-state index contributed by atoms with van der Waals surface area (Å²) in [4.78, 5) is 13.1. The van der Waals surface area contributed by atoms with Crippen LogP contribution in [0.15, 0.2) is 45.7 Å². The van der Waals surface area contributed by atoms with Gasteiger partial charge in [0.2, 0.25) is 10.0 Å². The highest BCUT2D eigenvalue weighted by molar-refractivity contribution is 7.89. The van der Waals surface area contributed by atoms with Crippen LogP contribution >= 0.6 is 0 Å². The van der Waals surface area contributed by atoms with Gasteiger partial charge in [0, 0.05) is 30.1 Å². The van der Waals surface area contributed by atoms with Crippen molar-refractivity contribution in [2.24, 2.45) is 0 Å². The maximum absolute atomic E-state index is 12.9. The lowest BCUT2D eigenvalue weighted by Gasteiger charge is -2.15. The summed E-state index contributed by atoms with van der Waals surface area (Å²) in [5.41, 5.74) is 1.48. The van der Waals surface area contributed by atoms with E-state index >= 15 is 0 Å². The molecule has 1 aromatic heterocycles. The summed E-state index contributed by atoms with van der Waals surface area (Å²) in [6.45, 7) is 2.79. The third-order valence-corrected chi connectivity index (χ3v) is 7.37. The predicted molar refractivity (Wildman–Crippen MR) is 116 cm³/mol. The van der Waals surface area contributed by atoms with Crippen molar-refractivity contribution in [1.82, 2.24) is 4.31 Å². The van der Waals surface area contributed by atoms with Gasteiger partial charge in [-0.2, -0.15) is 4.31 Å². The van der Waals surface area contributed by atoms with Gasteiger partial charge in [0.25, 0.3) is 5.91 Å². The van der Waals surface area contributed by atoms with Gasteiger partial charge in [0.15, 0.2) is 5.76 Å². The highest BCUT2D eigenvalue weighted by Gasteiger charge is 2.28. The van der Waals surface area contributed by atoms with Crippen molar-refractivity contribution in [3.63, 3.8) is 0 Å². The number of carbonyl (C=O) groups excluding carboxylic acids is 1. The summed E-state index contributed by atoms with van der Waals surface area (Å²) in [5.74, 6) is 0.701. The number of nitrogens with zero attached hydrogens (tertiary/aromatic N) is 1. The average molecular weight is 445 g/mol. The standard InChI is InChI=1S/C22H24N2O6S/c1-14-17-13-16(31(26,27)24-10-4-5-11-24)7-9-19(17)30-21(14)22(25)23-18-8-6-15(28-2)12-20(18)29-3/h6-9,12-13H,4-5,10-11H2,1-3H3,(H,23,25). The first-order chi connectivity index (χ1) is 14.8. The lowest BCUT2D eigenvalue weighted by Crippen LogP contribution is -2.27. The van der Waals surface area contributed by atoms with Gasteiger partial charge < -0.3 is 19.2 Å². The molecule has 1 saturated heterocycles. The molecule has 0 spiro atoms. The Morgan fingerprint density at radius 2 is 1.81 bits per heavy atom. The molecule has 3 aromatic rings. The van der Waals surface area contributed by atoms with E-state index in [2.05, 4.69) is 5.32 Å². The lowest BCUT2D eigenvalue weighted by atomic mass is 10.1. The van der Waals surface area contributed by atoms with Crippen molar-refractivity contribution in [2.45, 2.75) is 24.7 Å². The molecule has 2 heterocycles. The summed E-state index contributed by atoms with van der Waals surface area (Å²) >= 11 is 0. The zero-order valence-electron chi connectivity index (χ0n) is 17.6. The fourth-order valence-corrected chi connectivity index (χ4v) is 5.28. The number of rotatable bonds is 6. The van der Waals surface area contributed by atoms with Crippen LogP contribution in [0.5, 0.6) is 11.5 Å². The van der Waals surface area contributed by atoms with Gasteiger partial charge in [-0.05, 0) is 50.1 Å². The number of benzene rings is 2. The van der Waals surface area contributed by atoms with E-state index in [1.54, 1.807) is 44.4 Å². The second-order valence-electron chi connectivity index (χ2n) is 7.35. The van der Waals surface area contributed by atoms with Crippen LogP contribution in [0.2, 0.25) is 0 Å². The fourth-order valence-electron chi connectivity index (χ4n) is 3.74. The van der Waals surface area contributed by atoms with Gasteiger partial charge in [0.1, 0.15) is 17.1 Å². The SMILES string of the molecule is COc1ccc(NC(=O)c2oc3ccc(S(=O)(=O)N4CCCC4)cc3c2C)c(OC)c1. The van der Waals surface area contributed by atoms with E-state index in [0.29, 0.717) is 46.8 Å². The van der Waals surface area contributed by atoms with Gasteiger partial charge in [-0.1, -0.05) is 0 Å². The smallest absolute Gasteiger partial charge is 0.291 e. The third kappa shape index (κ3) is 3.86. The van der Waals surface area contributed by atoms with Crippen molar-refractivity contribution in [3.8, 4) is 11.5 Å². The number of anilines is 1. The molecule has 8 nitrogen and oxygen atoms in total. The van der Waals surface area contributed by atoms with Crippen LogP contribution in [-0.4, -0.2) is 45.9 Å². The molecule has 1 aliphatic rings. The molecule has 0 aliphatic carbocycles. The summed E-state index contributed by atoms with van der Waals surface area (Å²) < 4.78 is 43.5. The van der Waals surface area contributed by atoms with Crippen LogP contribution < -0.4 is 14.8 Å². The summed E-state index contributed by atoms with van der Waals surface area (Å²) in [5, 5.41) is 3.37. The molecule has 9 heteroatoms. The second kappa shape index (κ2) is 8.24. The number of methoxy groups -OCH3 is 2. The molecular weight excluding hydrogens is 420 g/mol. The maximum atomic E-state index is 12.9. The Balaban J connectivity index is 1.66. The Kier molecular flexibility index (Phi) is 5.63. The highest BCUT2D eigenvalue weighted by Crippen LogP contribution is 2.32. The van der Waals surface area contributed by atoms with Crippen molar-refractivity contribution < 1.29 is 27.1 Å². The highest BCUT2D eigenvalue weighted by atomic mass is 32.2. The number of furan rings is 1. The fraction of sp³-hybridized carbons (Fsp3) is 0.318. The lowest BCUT2D eigenvalue weighted by molar-refractivity contribution is 0.0997. The van der Waals surface area contributed by atoms with E-state index in [1.165, 1.54) is 17.5 Å². The molecule has 31 heavy (non-hydrogen) atoms. The molecule has 0 unspecified atom stereocenters. The van der Waals surface area contributed by atoms with Gasteiger partial charge in [-0.15, -0.1) is 0 Å². The van der Waals surface area contributed by atoms with Crippen molar-refractivity contribution in [2.75, 3.05) is 32.6 Å². The molecule has 0 bridgehead atoms. The second-order valence-corrected chi connectivity index (χ2v) is 9.28. The first-order valence-electron chi connectivity index (χ1n) is 9.92. The maximum Gasteiger partial charge on any atom is 0.291 e. The molecule has 0 radical (unpaired) electrons. The Hall–Kier alpha value is -3.04. The quantitative estimate of drug-likeness (QED) is 0.621. The number of aryl methyl sites for hydroxylation is 1. The largest absolute Gasteiger partial charge is 0.497 e. The van der Waals surface area contributed by atoms with Crippen LogP contribution in [0.1, 0.15) is 29.0 Å². The van der Waals surface area contributed by atoms with Crippen LogP contribution in [0.25, 0.3) is 11.0 Å². The monoisotopic (exact) mass is 444 g/mol. The van der Waals surface area contributed by atoms with Crippen LogP contribution in [0.3, 0.4) is 0 Å². The van der Waals surface area contributed by atoms with Gasteiger partial charge >= 0.3 is 0 Å². The number of amides is 1. The number of fused-ring (bicyclic) bond motifs is 1. The topological polar surface area (TPSA) is 98.1 Å². The van der Waals surface area contributed by atoms with Crippen molar-refractivity contribution in [3.05, 3.63) is 47.7 Å². The van der Waals surface area contributed by atoms with E-state index in [0.717, 1.165) is 12.8 Å². The minimum atomic E-state index is -3.56. The Morgan fingerprint density at radius 3 is 2.48 bits per heavy atom. The first kappa shape index (κ1) is 21.2. The van der Waals surface area contributed by atoms with Crippen LogP contribution in [-0.2, 0) is 10.0 Å². The molecule has 2 aromatic carbocycles. The van der Waals surface area contributed by atoms with Gasteiger partial charge in [-0.25, -0.2) is 8.42 Å². The Bertz CT molecular complexity index is 1240. The zero-order valence-corrected chi connectivity index (χ0v) is 18.4. The number of hydrogen-bond donors (Lipinski definition) is 1. The van der Waals surface area contributed by atoms with E-state index in [4.69, 9.17) is 13.9 Å². The summed E-state index contributed by atoms with van der Waals surface area (Å²) in [6, 6.07) is 9.74. The molecular formula is C22H24N2O6S. The van der Waals surface area contributed by atoms with Crippen LogP contribution in [0, 0.1) is 6.92 Å². The van der Waals surface area contributed by atoms with E-state index in [-0.39, 0.29) is 10.7 Å². The Labute approximate surface area is 180 Å². The molecule has 1 aliphatic heterocycles. The number of nitrogens with one attached hydrogen (secondary N) is 1. The normalized spacial score (nSPS) is 14.7. The minimum absolute atomic E-state index is 0.114. The minimum Gasteiger partial charge on any atom is -0.497 e. The summed E-state index contributed by atoms with van der Waals surface area (Å²) in [7, 11) is -0.516. The summed E-state index contributed by atoms with van der Waals surface area (Å²) in [6.07, 6.45) is 1.73. The molecule has 0 saturated carbocycles. The molecule has 164 valence electrons. The van der Waals surface area contributed by atoms with Gasteiger partial charge in [0.05, 0.1) is 24.8 Å². The van der Waals surface area contributed by atoms with Crippen molar-refractivity contribution in [1.29, 1.82) is 0 Å². The molecule has 1 amide bonds. The molecule has 0 atom stereocenters. The van der Waals surface area contributed by atoms with Crippen molar-refractivity contribution >= 4 is 32.6 Å². The number of sulfonamides is 1. The Morgan fingerprint density at radius 1 is 1.06 bits per heavy atom. The zero-order chi connectivity index (χ0) is 22.2. The third-order valence-electron chi connectivity index (χ3n) is 5.47. The number of hydrogen-bond acceptors (Lipinski definition) is 6. The van der Waals surface area contributed by atoms with Gasteiger partial charge in [-0.3, -0.25) is 4.79 Å². The van der Waals surface area contributed by atoms with E-state index in [1.807, 2.05) is 0 Å². The number of carbonyl (C=O) groups is 1. The molecule has 1 fully saturated rings. The van der Waals surface area contributed by atoms with Crippen LogP contribution in [0.4, 0.5) is 5.69 Å². The predicted octanol–water partition coefficient (Wildman–Crippen LogP) is 3.80. The average Bonchev–Trinajstić information content (AvgIpc) is 3.43. The number of ether oxygens (including phenoxy) is 2.